The predicted octanol–water partition coefficient (Wildman–Crippen LogP) is 12.7. The van der Waals surface area contributed by atoms with Gasteiger partial charge in [0, 0.05) is 57.3 Å². The van der Waals surface area contributed by atoms with Crippen LogP contribution in [0.4, 0.5) is 0 Å². The minimum absolute atomic E-state index is 0.929. The van der Waals surface area contributed by atoms with Crippen LogP contribution in [0.2, 0.25) is 0 Å². The lowest BCUT2D eigenvalue weighted by Crippen LogP contribution is -1.95. The third kappa shape index (κ3) is 5.29. The van der Waals surface area contributed by atoms with E-state index in [1.54, 1.807) is 0 Å². The van der Waals surface area contributed by atoms with Crippen LogP contribution in [0, 0.1) is 0 Å². The van der Waals surface area contributed by atoms with Gasteiger partial charge >= 0.3 is 0 Å². The average Bonchev–Trinajstić information content (AvgIpc) is 3.79. The zero-order chi connectivity index (χ0) is 37.0. The smallest absolute Gasteiger partial charge is 0.0963 e. The fourth-order valence-corrected chi connectivity index (χ4v) is 8.28. The van der Waals surface area contributed by atoms with Crippen LogP contribution in [-0.2, 0) is 0 Å². The van der Waals surface area contributed by atoms with Crippen LogP contribution in [-0.4, -0.2) is 24.1 Å². The van der Waals surface area contributed by atoms with Crippen molar-refractivity contribution in [2.24, 2.45) is 0 Å². The standard InChI is InChI=1S/C51H33N5/c1-2-13-40(14-3-1)55-49-24-22-36(33-44(49)51-50(55)20-11-27-54-51)35-21-23-48-43(32-35)42-16-4-5-19-47(42)56(48)41-15-10-12-34(31-41)37-28-38(45-17-6-8-25-52-45)30-39(29-37)46-18-7-9-26-53-46/h1-33H. The Hall–Kier alpha value is -7.63. The zero-order valence-electron chi connectivity index (χ0n) is 30.3. The van der Waals surface area contributed by atoms with Gasteiger partial charge in [0.25, 0.3) is 0 Å². The average molecular weight is 716 g/mol. The van der Waals surface area contributed by atoms with E-state index in [1.165, 1.54) is 21.9 Å². The molecule has 0 saturated carbocycles. The van der Waals surface area contributed by atoms with Crippen molar-refractivity contribution in [3.8, 4) is 56.1 Å². The van der Waals surface area contributed by atoms with E-state index in [2.05, 4.69) is 171 Å². The molecule has 0 aliphatic rings. The summed E-state index contributed by atoms with van der Waals surface area (Å²) in [6, 6.07) is 64.6. The topological polar surface area (TPSA) is 48.5 Å². The molecular weight excluding hydrogens is 683 g/mol. The molecule has 0 saturated heterocycles. The van der Waals surface area contributed by atoms with E-state index < -0.39 is 0 Å². The number of aromatic nitrogens is 5. The maximum atomic E-state index is 4.86. The van der Waals surface area contributed by atoms with Gasteiger partial charge in [-0.05, 0) is 131 Å². The fourth-order valence-electron chi connectivity index (χ4n) is 8.28. The molecule has 0 N–H and O–H groups in total. The van der Waals surface area contributed by atoms with Crippen molar-refractivity contribution in [1.82, 2.24) is 24.1 Å². The molecule has 0 radical (unpaired) electrons. The number of rotatable bonds is 6. The Morgan fingerprint density at radius 2 is 0.839 bits per heavy atom. The van der Waals surface area contributed by atoms with Gasteiger partial charge in [0.05, 0.1) is 39.0 Å². The summed E-state index contributed by atoms with van der Waals surface area (Å²) in [6.45, 7) is 0. The van der Waals surface area contributed by atoms with Crippen molar-refractivity contribution >= 4 is 43.7 Å². The molecule has 11 rings (SSSR count). The number of benzene rings is 6. The lowest BCUT2D eigenvalue weighted by Gasteiger charge is -2.13. The molecule has 0 spiro atoms. The molecule has 0 unspecified atom stereocenters. The van der Waals surface area contributed by atoms with Gasteiger partial charge in [-0.2, -0.15) is 0 Å². The second kappa shape index (κ2) is 13.0. The van der Waals surface area contributed by atoms with Gasteiger partial charge in [-0.25, -0.2) is 0 Å². The molecule has 0 aliphatic heterocycles. The van der Waals surface area contributed by atoms with Gasteiger partial charge in [0.1, 0.15) is 0 Å². The zero-order valence-corrected chi connectivity index (χ0v) is 30.3. The fraction of sp³-hybridized carbons (Fsp3) is 0. The highest BCUT2D eigenvalue weighted by Crippen LogP contribution is 2.39. The molecule has 0 aliphatic carbocycles. The molecule has 0 fully saturated rings. The van der Waals surface area contributed by atoms with E-state index in [0.29, 0.717) is 0 Å². The first-order valence-electron chi connectivity index (χ1n) is 18.8. The van der Waals surface area contributed by atoms with Crippen LogP contribution >= 0.6 is 0 Å². The lowest BCUT2D eigenvalue weighted by atomic mass is 9.96. The third-order valence-electron chi connectivity index (χ3n) is 10.8. The van der Waals surface area contributed by atoms with Crippen LogP contribution in [0.5, 0.6) is 0 Å². The van der Waals surface area contributed by atoms with Gasteiger partial charge in [-0.15, -0.1) is 0 Å². The third-order valence-corrected chi connectivity index (χ3v) is 10.8. The minimum atomic E-state index is 0.929. The Balaban J connectivity index is 1.05. The monoisotopic (exact) mass is 715 g/mol. The Kier molecular flexibility index (Phi) is 7.42. The molecular formula is C51H33N5. The number of hydrogen-bond donors (Lipinski definition) is 0. The van der Waals surface area contributed by atoms with Crippen LogP contribution in [0.15, 0.2) is 201 Å². The first kappa shape index (κ1) is 31.9. The van der Waals surface area contributed by atoms with E-state index in [0.717, 1.165) is 78.0 Å². The largest absolute Gasteiger partial charge is 0.309 e. The van der Waals surface area contributed by atoms with Crippen LogP contribution in [0.3, 0.4) is 0 Å². The van der Waals surface area contributed by atoms with Crippen LogP contribution < -0.4 is 0 Å². The second-order valence-electron chi connectivity index (χ2n) is 14.1. The molecule has 0 bridgehead atoms. The summed E-state index contributed by atoms with van der Waals surface area (Å²) >= 11 is 0. The van der Waals surface area contributed by atoms with Gasteiger partial charge < -0.3 is 9.13 Å². The molecule has 5 heterocycles. The normalized spacial score (nSPS) is 11.6. The highest BCUT2D eigenvalue weighted by Gasteiger charge is 2.17. The van der Waals surface area contributed by atoms with Crippen LogP contribution in [0.1, 0.15) is 0 Å². The number of pyridine rings is 3. The first-order chi connectivity index (χ1) is 27.8. The summed E-state index contributed by atoms with van der Waals surface area (Å²) in [5.74, 6) is 0. The number of fused-ring (bicyclic) bond motifs is 6. The Labute approximate surface area is 323 Å². The summed E-state index contributed by atoms with van der Waals surface area (Å²) < 4.78 is 4.70. The van der Waals surface area contributed by atoms with Crippen LogP contribution in [0.25, 0.3) is 99.9 Å². The molecule has 6 aromatic carbocycles. The van der Waals surface area contributed by atoms with E-state index in [1.807, 2.05) is 48.9 Å². The van der Waals surface area contributed by atoms with Crippen molar-refractivity contribution in [3.05, 3.63) is 201 Å². The molecule has 5 aromatic heterocycles. The van der Waals surface area contributed by atoms with Crippen molar-refractivity contribution in [3.63, 3.8) is 0 Å². The molecule has 11 aromatic rings. The lowest BCUT2D eigenvalue weighted by molar-refractivity contribution is 1.18. The Bertz CT molecular complexity index is 3180. The van der Waals surface area contributed by atoms with E-state index in [4.69, 9.17) is 4.98 Å². The molecule has 0 atom stereocenters. The highest BCUT2D eigenvalue weighted by molar-refractivity contribution is 6.12. The van der Waals surface area contributed by atoms with Gasteiger partial charge in [0.15, 0.2) is 0 Å². The maximum absolute atomic E-state index is 4.86. The number of hydrogen-bond acceptors (Lipinski definition) is 3. The number of para-hydroxylation sites is 2. The minimum Gasteiger partial charge on any atom is -0.309 e. The summed E-state index contributed by atoms with van der Waals surface area (Å²) in [6.07, 6.45) is 5.57. The molecule has 56 heavy (non-hydrogen) atoms. The maximum Gasteiger partial charge on any atom is 0.0963 e. The van der Waals surface area contributed by atoms with Crippen molar-refractivity contribution < 1.29 is 0 Å². The molecule has 5 nitrogen and oxygen atoms in total. The molecule has 262 valence electrons. The van der Waals surface area contributed by atoms with Gasteiger partial charge in [-0.3, -0.25) is 15.0 Å². The molecule has 5 heteroatoms. The van der Waals surface area contributed by atoms with E-state index in [9.17, 15) is 0 Å². The summed E-state index contributed by atoms with van der Waals surface area (Å²) in [5.41, 5.74) is 16.3. The first-order valence-corrected chi connectivity index (χ1v) is 18.8. The predicted molar refractivity (Wildman–Crippen MR) is 230 cm³/mol. The van der Waals surface area contributed by atoms with Crippen molar-refractivity contribution in [2.45, 2.75) is 0 Å². The Morgan fingerprint density at radius 3 is 1.57 bits per heavy atom. The summed E-state index contributed by atoms with van der Waals surface area (Å²) in [7, 11) is 0. The second-order valence-corrected chi connectivity index (χ2v) is 14.1. The molecule has 0 amide bonds. The summed E-state index contributed by atoms with van der Waals surface area (Å²) in [5, 5.41) is 3.57. The van der Waals surface area contributed by atoms with E-state index >= 15 is 0 Å². The van der Waals surface area contributed by atoms with Gasteiger partial charge in [-0.1, -0.05) is 72.8 Å². The summed E-state index contributed by atoms with van der Waals surface area (Å²) in [4.78, 5) is 14.2. The number of nitrogens with zero attached hydrogens (tertiary/aromatic N) is 5. The highest BCUT2D eigenvalue weighted by atomic mass is 15.0. The van der Waals surface area contributed by atoms with Crippen molar-refractivity contribution in [1.29, 1.82) is 0 Å². The van der Waals surface area contributed by atoms with Gasteiger partial charge in [0.2, 0.25) is 0 Å². The van der Waals surface area contributed by atoms with Crippen molar-refractivity contribution in [2.75, 3.05) is 0 Å². The quantitative estimate of drug-likeness (QED) is 0.172. The Morgan fingerprint density at radius 1 is 0.286 bits per heavy atom. The van der Waals surface area contributed by atoms with E-state index in [-0.39, 0.29) is 0 Å². The SMILES string of the molecule is c1ccc(-n2c3ccc(-c4ccc5c(c4)c4ccccc4n5-c4cccc(-c5cc(-c6ccccn6)cc(-c6ccccn6)c5)c4)cc3c3ncccc32)cc1.